The minimum absolute atomic E-state index is 0.120. The average molecular weight is 395 g/mol. The fraction of sp³-hybridized carbons (Fsp3) is 0.917. The highest BCUT2D eigenvalue weighted by Crippen LogP contribution is 2.19. The lowest BCUT2D eigenvalue weighted by atomic mass is 9.90. The van der Waals surface area contributed by atoms with Crippen molar-refractivity contribution < 1.29 is 9.59 Å². The molecular weight excluding hydrogens is 348 g/mol. The molecule has 2 amide bonds. The molecule has 0 aromatic heterocycles. The lowest BCUT2D eigenvalue weighted by molar-refractivity contribution is -0.125. The van der Waals surface area contributed by atoms with Gasteiger partial charge in [0.1, 0.15) is 0 Å². The lowest BCUT2D eigenvalue weighted by Gasteiger charge is -2.33. The number of rotatable bonds is 16. The SMILES string of the molecule is CCCCCCCCC(=O)NC1CCCCC1NC(=O)CCCCCCCC. The number of carbonyl (C=O) groups excluding carboxylic acids is 2. The molecule has 1 saturated carbocycles. The van der Waals surface area contributed by atoms with Gasteiger partial charge in [-0.25, -0.2) is 0 Å². The minimum atomic E-state index is 0.120. The number of nitrogens with one attached hydrogen (secondary N) is 2. The maximum Gasteiger partial charge on any atom is 0.220 e. The molecule has 28 heavy (non-hydrogen) atoms. The van der Waals surface area contributed by atoms with Crippen LogP contribution in [0.3, 0.4) is 0 Å². The molecule has 0 spiro atoms. The molecule has 4 heteroatoms. The van der Waals surface area contributed by atoms with E-state index in [0.717, 1.165) is 51.4 Å². The van der Waals surface area contributed by atoms with Gasteiger partial charge in [-0.15, -0.1) is 0 Å². The first-order chi connectivity index (χ1) is 13.7. The Morgan fingerprint density at radius 3 is 1.36 bits per heavy atom. The standard InChI is InChI=1S/C24H46N2O2/c1-3-5-7-9-11-13-19-23(27)25-21-17-15-16-18-22(21)26-24(28)20-14-12-10-8-6-4-2/h21-22H,3-20H2,1-2H3,(H,25,27)(H,26,28). The highest BCUT2D eigenvalue weighted by atomic mass is 16.2. The highest BCUT2D eigenvalue weighted by molar-refractivity contribution is 5.77. The van der Waals surface area contributed by atoms with Gasteiger partial charge in [-0.1, -0.05) is 90.9 Å². The summed E-state index contributed by atoms with van der Waals surface area (Å²) in [5.74, 6) is 0.329. The number of carbonyl (C=O) groups is 2. The van der Waals surface area contributed by atoms with E-state index in [-0.39, 0.29) is 23.9 Å². The van der Waals surface area contributed by atoms with Gasteiger partial charge in [-0.05, 0) is 25.7 Å². The summed E-state index contributed by atoms with van der Waals surface area (Å²) in [6, 6.07) is 0.240. The Hall–Kier alpha value is -1.06. The fourth-order valence-electron chi connectivity index (χ4n) is 4.17. The van der Waals surface area contributed by atoms with Crippen LogP contribution in [0.25, 0.3) is 0 Å². The van der Waals surface area contributed by atoms with E-state index in [0.29, 0.717) is 12.8 Å². The van der Waals surface area contributed by atoms with Gasteiger partial charge in [-0.2, -0.15) is 0 Å². The molecule has 1 fully saturated rings. The average Bonchev–Trinajstić information content (AvgIpc) is 2.69. The van der Waals surface area contributed by atoms with E-state index in [1.165, 1.54) is 51.4 Å². The van der Waals surface area contributed by atoms with Crippen LogP contribution in [0.5, 0.6) is 0 Å². The van der Waals surface area contributed by atoms with E-state index in [1.54, 1.807) is 0 Å². The topological polar surface area (TPSA) is 58.2 Å². The molecule has 0 aromatic carbocycles. The second kappa shape index (κ2) is 16.9. The monoisotopic (exact) mass is 394 g/mol. The van der Waals surface area contributed by atoms with Gasteiger partial charge in [0.15, 0.2) is 0 Å². The zero-order chi connectivity index (χ0) is 20.5. The van der Waals surface area contributed by atoms with Gasteiger partial charge in [0, 0.05) is 24.9 Å². The molecule has 1 aliphatic carbocycles. The third-order valence-corrected chi connectivity index (χ3v) is 5.97. The second-order valence-corrected chi connectivity index (χ2v) is 8.67. The van der Waals surface area contributed by atoms with E-state index < -0.39 is 0 Å². The zero-order valence-electron chi connectivity index (χ0n) is 18.7. The Morgan fingerprint density at radius 2 is 0.964 bits per heavy atom. The summed E-state index contributed by atoms with van der Waals surface area (Å²) in [6.07, 6.45) is 19.9. The van der Waals surface area contributed by atoms with Gasteiger partial charge < -0.3 is 10.6 Å². The Balaban J connectivity index is 2.21. The summed E-state index contributed by atoms with van der Waals surface area (Å²) in [7, 11) is 0. The first-order valence-electron chi connectivity index (χ1n) is 12.3. The molecule has 2 N–H and O–H groups in total. The molecule has 0 saturated heterocycles. The number of hydrogen-bond donors (Lipinski definition) is 2. The van der Waals surface area contributed by atoms with Crippen molar-refractivity contribution in [2.45, 2.75) is 142 Å². The molecule has 164 valence electrons. The van der Waals surface area contributed by atoms with Gasteiger partial charge in [0.2, 0.25) is 11.8 Å². The van der Waals surface area contributed by atoms with E-state index in [4.69, 9.17) is 0 Å². The van der Waals surface area contributed by atoms with Gasteiger partial charge >= 0.3 is 0 Å². The molecule has 1 aliphatic rings. The first kappa shape index (κ1) is 25.0. The maximum absolute atomic E-state index is 12.3. The summed E-state index contributed by atoms with van der Waals surface area (Å²) in [6.45, 7) is 4.45. The van der Waals surface area contributed by atoms with Crippen molar-refractivity contribution in [1.82, 2.24) is 10.6 Å². The lowest BCUT2D eigenvalue weighted by Crippen LogP contribution is -2.53. The molecule has 0 aromatic rings. The summed E-state index contributed by atoms with van der Waals surface area (Å²) >= 11 is 0. The van der Waals surface area contributed by atoms with Crippen LogP contribution in [0.4, 0.5) is 0 Å². The van der Waals surface area contributed by atoms with Crippen molar-refractivity contribution in [2.75, 3.05) is 0 Å². The quantitative estimate of drug-likeness (QED) is 0.314. The summed E-state index contributed by atoms with van der Waals surface area (Å²) < 4.78 is 0. The van der Waals surface area contributed by atoms with Crippen LogP contribution in [0.1, 0.15) is 129 Å². The number of amides is 2. The first-order valence-corrected chi connectivity index (χ1v) is 12.3. The maximum atomic E-state index is 12.3. The molecule has 2 atom stereocenters. The van der Waals surface area contributed by atoms with Gasteiger partial charge in [0.05, 0.1) is 0 Å². The molecule has 0 radical (unpaired) electrons. The normalized spacial score (nSPS) is 19.4. The largest absolute Gasteiger partial charge is 0.351 e. The van der Waals surface area contributed by atoms with Gasteiger partial charge in [0.25, 0.3) is 0 Å². The predicted octanol–water partition coefficient (Wildman–Crippen LogP) is 6.03. The second-order valence-electron chi connectivity index (χ2n) is 8.67. The molecule has 1 rings (SSSR count). The third kappa shape index (κ3) is 12.4. The molecular formula is C24H46N2O2. The third-order valence-electron chi connectivity index (χ3n) is 5.97. The van der Waals surface area contributed by atoms with Crippen LogP contribution < -0.4 is 10.6 Å². The van der Waals surface area contributed by atoms with E-state index in [2.05, 4.69) is 24.5 Å². The van der Waals surface area contributed by atoms with Crippen LogP contribution in [0.15, 0.2) is 0 Å². The van der Waals surface area contributed by atoms with Crippen LogP contribution in [-0.2, 0) is 9.59 Å². The molecule has 2 unspecified atom stereocenters. The Labute approximate surface area is 174 Å². The fourth-order valence-corrected chi connectivity index (χ4v) is 4.17. The van der Waals surface area contributed by atoms with Crippen LogP contribution in [-0.4, -0.2) is 23.9 Å². The molecule has 0 heterocycles. The molecule has 0 aliphatic heterocycles. The van der Waals surface area contributed by atoms with Gasteiger partial charge in [-0.3, -0.25) is 9.59 Å². The van der Waals surface area contributed by atoms with Crippen molar-refractivity contribution in [3.05, 3.63) is 0 Å². The highest BCUT2D eigenvalue weighted by Gasteiger charge is 2.27. The predicted molar refractivity (Wildman–Crippen MR) is 118 cm³/mol. The van der Waals surface area contributed by atoms with Crippen molar-refractivity contribution in [2.24, 2.45) is 0 Å². The van der Waals surface area contributed by atoms with Crippen LogP contribution in [0, 0.1) is 0 Å². The molecule has 4 nitrogen and oxygen atoms in total. The summed E-state index contributed by atoms with van der Waals surface area (Å²) in [5.41, 5.74) is 0. The van der Waals surface area contributed by atoms with Crippen LogP contribution >= 0.6 is 0 Å². The van der Waals surface area contributed by atoms with E-state index in [9.17, 15) is 9.59 Å². The summed E-state index contributed by atoms with van der Waals surface area (Å²) in [5, 5.41) is 6.43. The molecule has 0 bridgehead atoms. The van der Waals surface area contributed by atoms with Crippen molar-refractivity contribution >= 4 is 11.8 Å². The van der Waals surface area contributed by atoms with Crippen molar-refractivity contribution in [1.29, 1.82) is 0 Å². The smallest absolute Gasteiger partial charge is 0.220 e. The van der Waals surface area contributed by atoms with Crippen LogP contribution in [0.2, 0.25) is 0 Å². The van der Waals surface area contributed by atoms with Crippen molar-refractivity contribution in [3.8, 4) is 0 Å². The number of unbranched alkanes of at least 4 members (excludes halogenated alkanes) is 10. The van der Waals surface area contributed by atoms with E-state index >= 15 is 0 Å². The zero-order valence-corrected chi connectivity index (χ0v) is 18.7. The Kier molecular flexibility index (Phi) is 15.0. The minimum Gasteiger partial charge on any atom is -0.351 e. The number of hydrogen-bond acceptors (Lipinski definition) is 2. The van der Waals surface area contributed by atoms with E-state index in [1.807, 2.05) is 0 Å². The Morgan fingerprint density at radius 1 is 0.607 bits per heavy atom. The summed E-state index contributed by atoms with van der Waals surface area (Å²) in [4.78, 5) is 24.6. The van der Waals surface area contributed by atoms with Crippen molar-refractivity contribution in [3.63, 3.8) is 0 Å². The Bertz CT molecular complexity index is 373.